The number of halogens is 1. The van der Waals surface area contributed by atoms with Crippen LogP contribution in [0, 0.1) is 18.7 Å². The number of piperidine rings is 1. The quantitative estimate of drug-likeness (QED) is 0.825. The Morgan fingerprint density at radius 3 is 2.96 bits per heavy atom. The van der Waals surface area contributed by atoms with Crippen LogP contribution in [0.4, 0.5) is 4.39 Å². The molecule has 4 rings (SSSR count). The number of aryl methyl sites for hydroxylation is 1. The molecule has 0 N–H and O–H groups in total. The molecule has 0 saturated carbocycles. The van der Waals surface area contributed by atoms with E-state index in [0.717, 1.165) is 24.9 Å². The minimum atomic E-state index is -0.436. The van der Waals surface area contributed by atoms with Gasteiger partial charge in [0.2, 0.25) is 5.88 Å². The maximum atomic E-state index is 13.7. The number of carbonyl (C=O) groups is 1. The number of aromatic nitrogens is 1. The average molecular weight is 373 g/mol. The third-order valence-corrected chi connectivity index (χ3v) is 5.85. The van der Waals surface area contributed by atoms with Crippen LogP contribution in [-0.2, 0) is 0 Å². The van der Waals surface area contributed by atoms with Gasteiger partial charge in [0.15, 0.2) is 11.6 Å². The van der Waals surface area contributed by atoms with Crippen molar-refractivity contribution < 1.29 is 18.3 Å². The highest BCUT2D eigenvalue weighted by molar-refractivity contribution is 5.93. The summed E-state index contributed by atoms with van der Waals surface area (Å²) in [5.41, 5.74) is 0.826. The van der Waals surface area contributed by atoms with E-state index in [1.165, 1.54) is 12.3 Å². The zero-order chi connectivity index (χ0) is 19.0. The fourth-order valence-electron chi connectivity index (χ4n) is 4.14. The van der Waals surface area contributed by atoms with Crippen LogP contribution in [0.5, 0.6) is 5.88 Å². The Bertz CT molecular complexity index is 831. The van der Waals surface area contributed by atoms with Crippen LogP contribution in [0.25, 0.3) is 0 Å². The summed E-state index contributed by atoms with van der Waals surface area (Å²) in [4.78, 5) is 20.7. The summed E-state index contributed by atoms with van der Waals surface area (Å²) in [7, 11) is 2.11. The van der Waals surface area contributed by atoms with Crippen LogP contribution in [-0.4, -0.2) is 59.5 Å². The van der Waals surface area contributed by atoms with E-state index in [4.69, 9.17) is 9.15 Å². The van der Waals surface area contributed by atoms with E-state index in [-0.39, 0.29) is 17.3 Å². The van der Waals surface area contributed by atoms with Crippen molar-refractivity contribution in [3.05, 3.63) is 47.8 Å². The van der Waals surface area contributed by atoms with Gasteiger partial charge in [0.1, 0.15) is 0 Å². The van der Waals surface area contributed by atoms with Crippen LogP contribution in [0.1, 0.15) is 29.0 Å². The molecule has 144 valence electrons. The molecule has 2 fully saturated rings. The first-order valence-electron chi connectivity index (χ1n) is 9.26. The Kier molecular flexibility index (Phi) is 4.63. The molecule has 27 heavy (non-hydrogen) atoms. The number of nitrogens with zero attached hydrogens (tertiary/aromatic N) is 3. The minimum absolute atomic E-state index is 0.0366. The number of likely N-dealkylation sites (tertiary alicyclic amines) is 2. The van der Waals surface area contributed by atoms with Crippen LogP contribution in [0.3, 0.4) is 0 Å². The van der Waals surface area contributed by atoms with Crippen molar-refractivity contribution in [3.63, 3.8) is 0 Å². The molecule has 0 aliphatic carbocycles. The lowest BCUT2D eigenvalue weighted by Crippen LogP contribution is -2.72. The standard InChI is InChI=1S/C20H24FN3O3/c1-14-6-9-26-17(14)19(25)24-12-20(13-24)10-15(5-8-23(20)2)11-27-18-16(21)4-3-7-22-18/h3-4,6-7,9,15H,5,8,10-13H2,1-2H3/t15-/m1/s1. The van der Waals surface area contributed by atoms with Crippen LogP contribution in [0.2, 0.25) is 0 Å². The lowest BCUT2D eigenvalue weighted by atomic mass is 9.75. The molecule has 0 unspecified atom stereocenters. The van der Waals surface area contributed by atoms with E-state index >= 15 is 0 Å². The van der Waals surface area contributed by atoms with Gasteiger partial charge in [-0.1, -0.05) is 0 Å². The smallest absolute Gasteiger partial charge is 0.289 e. The van der Waals surface area contributed by atoms with Crippen molar-refractivity contribution in [2.45, 2.75) is 25.3 Å². The van der Waals surface area contributed by atoms with Crippen LogP contribution >= 0.6 is 0 Å². The van der Waals surface area contributed by atoms with Gasteiger partial charge in [-0.3, -0.25) is 9.69 Å². The summed E-state index contributed by atoms with van der Waals surface area (Å²) in [5.74, 6) is 0.308. The van der Waals surface area contributed by atoms with Gasteiger partial charge in [-0.05, 0) is 57.5 Å². The maximum Gasteiger partial charge on any atom is 0.289 e. The third kappa shape index (κ3) is 3.32. The van der Waals surface area contributed by atoms with Gasteiger partial charge >= 0.3 is 0 Å². The van der Waals surface area contributed by atoms with Gasteiger partial charge in [-0.2, -0.15) is 0 Å². The molecule has 2 saturated heterocycles. The second-order valence-electron chi connectivity index (χ2n) is 7.70. The van der Waals surface area contributed by atoms with Crippen LogP contribution < -0.4 is 4.74 Å². The first-order chi connectivity index (χ1) is 13.0. The van der Waals surface area contributed by atoms with Crippen molar-refractivity contribution in [2.24, 2.45) is 5.92 Å². The zero-order valence-corrected chi connectivity index (χ0v) is 15.7. The van der Waals surface area contributed by atoms with Gasteiger partial charge < -0.3 is 14.1 Å². The maximum absolute atomic E-state index is 13.7. The Labute approximate surface area is 157 Å². The van der Waals surface area contributed by atoms with Crippen molar-refractivity contribution >= 4 is 5.91 Å². The summed E-state index contributed by atoms with van der Waals surface area (Å²) in [6.45, 7) is 4.60. The lowest BCUT2D eigenvalue weighted by Gasteiger charge is -2.58. The highest BCUT2D eigenvalue weighted by atomic mass is 19.1. The second kappa shape index (κ2) is 6.96. The van der Waals surface area contributed by atoms with Gasteiger partial charge in [0, 0.05) is 24.8 Å². The van der Waals surface area contributed by atoms with Crippen molar-refractivity contribution in [1.29, 1.82) is 0 Å². The molecule has 2 aliphatic heterocycles. The normalized spacial score (nSPS) is 21.9. The van der Waals surface area contributed by atoms with Crippen molar-refractivity contribution in [2.75, 3.05) is 33.3 Å². The predicted molar refractivity (Wildman–Crippen MR) is 97.1 cm³/mol. The molecule has 2 aromatic rings. The fraction of sp³-hybridized carbons (Fsp3) is 0.500. The highest BCUT2D eigenvalue weighted by Gasteiger charge is 2.51. The van der Waals surface area contributed by atoms with Gasteiger partial charge in [-0.15, -0.1) is 0 Å². The van der Waals surface area contributed by atoms with Gasteiger partial charge in [0.05, 0.1) is 18.4 Å². The monoisotopic (exact) mass is 373 g/mol. The van der Waals surface area contributed by atoms with Crippen LogP contribution in [0.15, 0.2) is 35.1 Å². The average Bonchev–Trinajstić information content (AvgIpc) is 3.06. The molecule has 1 atom stereocenters. The Balaban J connectivity index is 1.37. The largest absolute Gasteiger partial charge is 0.475 e. The number of furan rings is 1. The summed E-state index contributed by atoms with van der Waals surface area (Å²) in [6.07, 6.45) is 4.98. The summed E-state index contributed by atoms with van der Waals surface area (Å²) < 4.78 is 24.7. The van der Waals surface area contributed by atoms with E-state index in [2.05, 4.69) is 16.9 Å². The highest BCUT2D eigenvalue weighted by Crippen LogP contribution is 2.39. The molecule has 2 aliphatic rings. The molecule has 4 heterocycles. The Hall–Kier alpha value is -2.41. The van der Waals surface area contributed by atoms with E-state index in [9.17, 15) is 9.18 Å². The molecular weight excluding hydrogens is 349 g/mol. The second-order valence-corrected chi connectivity index (χ2v) is 7.70. The van der Waals surface area contributed by atoms with E-state index in [1.807, 2.05) is 11.8 Å². The molecule has 0 bridgehead atoms. The fourth-order valence-corrected chi connectivity index (χ4v) is 4.14. The van der Waals surface area contributed by atoms with E-state index < -0.39 is 5.82 Å². The number of carbonyl (C=O) groups excluding carboxylic acids is 1. The molecule has 0 radical (unpaired) electrons. The minimum Gasteiger partial charge on any atom is -0.475 e. The molecule has 0 aromatic carbocycles. The number of pyridine rings is 1. The van der Waals surface area contributed by atoms with Crippen molar-refractivity contribution in [1.82, 2.24) is 14.8 Å². The number of likely N-dealkylation sites (N-methyl/N-ethyl adjacent to an activating group) is 1. The molecule has 2 aromatic heterocycles. The Morgan fingerprint density at radius 2 is 2.26 bits per heavy atom. The van der Waals surface area contributed by atoms with Gasteiger partial charge in [0.25, 0.3) is 5.91 Å². The van der Waals surface area contributed by atoms with E-state index in [1.54, 1.807) is 18.4 Å². The number of hydrogen-bond acceptors (Lipinski definition) is 5. The topological polar surface area (TPSA) is 58.8 Å². The summed E-state index contributed by atoms with van der Waals surface area (Å²) >= 11 is 0. The number of rotatable bonds is 4. The summed E-state index contributed by atoms with van der Waals surface area (Å²) in [5, 5.41) is 0. The molecule has 7 heteroatoms. The van der Waals surface area contributed by atoms with Crippen molar-refractivity contribution in [3.8, 4) is 5.88 Å². The number of amides is 1. The number of hydrogen-bond donors (Lipinski definition) is 0. The van der Waals surface area contributed by atoms with E-state index in [0.29, 0.717) is 31.4 Å². The van der Waals surface area contributed by atoms with Gasteiger partial charge in [-0.25, -0.2) is 9.37 Å². The molecule has 6 nitrogen and oxygen atoms in total. The third-order valence-electron chi connectivity index (χ3n) is 5.85. The zero-order valence-electron chi connectivity index (χ0n) is 15.7. The Morgan fingerprint density at radius 1 is 1.44 bits per heavy atom. The first-order valence-corrected chi connectivity index (χ1v) is 9.26. The SMILES string of the molecule is Cc1ccoc1C(=O)N1CC2(C[C@H](COc3ncccc3F)CCN2C)C1. The molecular formula is C20H24FN3O3. The predicted octanol–water partition coefficient (Wildman–Crippen LogP) is 2.74. The lowest BCUT2D eigenvalue weighted by molar-refractivity contribution is -0.0705. The number of ether oxygens (including phenoxy) is 1. The molecule has 1 amide bonds. The molecule has 1 spiro atoms. The first kappa shape index (κ1) is 18.0. The summed E-state index contributed by atoms with van der Waals surface area (Å²) in [6, 6.07) is 4.71.